The Morgan fingerprint density at radius 2 is 2.16 bits per heavy atom. The zero-order valence-corrected chi connectivity index (χ0v) is 19.2. The molecule has 1 aliphatic heterocycles. The van der Waals surface area contributed by atoms with Crippen molar-refractivity contribution in [1.29, 1.82) is 0 Å². The summed E-state index contributed by atoms with van der Waals surface area (Å²) in [5.74, 6) is 1.94. The van der Waals surface area contributed by atoms with Gasteiger partial charge in [-0.3, -0.25) is 4.79 Å². The highest BCUT2D eigenvalue weighted by atomic mass is 19.1. The molecule has 3 unspecified atom stereocenters. The van der Waals surface area contributed by atoms with Crippen molar-refractivity contribution in [2.75, 3.05) is 20.3 Å². The van der Waals surface area contributed by atoms with Crippen LogP contribution in [0.4, 0.5) is 4.39 Å². The molecule has 3 aliphatic carbocycles. The first-order valence-corrected chi connectivity index (χ1v) is 12.3. The standard InChI is InChI=1S/C26H35FN2O3/c1-26-11-10-21-20-9-7-18(27)12-16(20)6-8-22(21)25(26)17(13-23(26)28-31)4-3-5-24(30)29(2)19-14-32-15-19/h7,9,12,17,19,21-22,25,31H,3-6,8,10-11,13-15H2,1-2H3/b28-23+/t17-,21?,22?,25?,26-/m1/s1. The predicted molar refractivity (Wildman–Crippen MR) is 120 cm³/mol. The molecule has 32 heavy (non-hydrogen) atoms. The SMILES string of the molecule is CN(C(=O)CCC[C@@H]1C/C(=N\O)[C@@]2(C)CCC3c4ccc(F)cc4CCC3C12)C1COC1. The number of rotatable bonds is 5. The molecule has 1 heterocycles. The molecule has 1 amide bonds. The first-order valence-electron chi connectivity index (χ1n) is 12.3. The van der Waals surface area contributed by atoms with Gasteiger partial charge in [0.05, 0.1) is 25.0 Å². The Kier molecular flexibility index (Phi) is 5.77. The van der Waals surface area contributed by atoms with Gasteiger partial charge in [0.1, 0.15) is 5.82 Å². The van der Waals surface area contributed by atoms with Crippen LogP contribution < -0.4 is 0 Å². The molecule has 1 N–H and O–H groups in total. The molecule has 0 radical (unpaired) electrons. The van der Waals surface area contributed by atoms with Gasteiger partial charge in [-0.25, -0.2) is 4.39 Å². The van der Waals surface area contributed by atoms with E-state index in [1.807, 2.05) is 18.0 Å². The summed E-state index contributed by atoms with van der Waals surface area (Å²) in [7, 11) is 1.88. The fourth-order valence-corrected chi connectivity index (χ4v) is 7.39. The first-order chi connectivity index (χ1) is 15.4. The summed E-state index contributed by atoms with van der Waals surface area (Å²) in [4.78, 5) is 14.4. The molecule has 2 saturated carbocycles. The first kappa shape index (κ1) is 21.9. The summed E-state index contributed by atoms with van der Waals surface area (Å²) >= 11 is 0. The number of halogens is 1. The minimum Gasteiger partial charge on any atom is -0.411 e. The Balaban J connectivity index is 1.32. The average molecular weight is 443 g/mol. The number of likely N-dealkylation sites (N-methyl/N-ethyl adjacent to an activating group) is 1. The molecule has 0 aromatic heterocycles. The molecule has 5 atom stereocenters. The quantitative estimate of drug-likeness (QED) is 0.528. The van der Waals surface area contributed by atoms with Crippen LogP contribution in [0.3, 0.4) is 0 Å². The number of aryl methyl sites for hydroxylation is 1. The fourth-order valence-electron chi connectivity index (χ4n) is 7.39. The number of carbonyl (C=O) groups is 1. The van der Waals surface area contributed by atoms with Gasteiger partial charge in [-0.15, -0.1) is 0 Å². The van der Waals surface area contributed by atoms with Gasteiger partial charge in [0.15, 0.2) is 0 Å². The van der Waals surface area contributed by atoms with Crippen molar-refractivity contribution in [2.45, 2.75) is 70.3 Å². The van der Waals surface area contributed by atoms with Crippen molar-refractivity contribution in [2.24, 2.45) is 28.3 Å². The maximum Gasteiger partial charge on any atom is 0.222 e. The van der Waals surface area contributed by atoms with Gasteiger partial charge in [-0.05, 0) is 91.9 Å². The summed E-state index contributed by atoms with van der Waals surface area (Å²) in [5.41, 5.74) is 3.39. The van der Waals surface area contributed by atoms with Crippen molar-refractivity contribution in [3.05, 3.63) is 35.1 Å². The second-order valence-corrected chi connectivity index (χ2v) is 10.7. The number of hydrogen-bond donors (Lipinski definition) is 1. The van der Waals surface area contributed by atoms with Crippen molar-refractivity contribution in [1.82, 2.24) is 4.90 Å². The number of amides is 1. The molecule has 5 nitrogen and oxygen atoms in total. The molecule has 6 heteroatoms. The molecule has 1 aromatic rings. The maximum atomic E-state index is 13.8. The second-order valence-electron chi connectivity index (χ2n) is 10.7. The number of oxime groups is 1. The monoisotopic (exact) mass is 442 g/mol. The second kappa shape index (κ2) is 8.44. The lowest BCUT2D eigenvalue weighted by molar-refractivity contribution is -0.141. The van der Waals surface area contributed by atoms with E-state index in [9.17, 15) is 14.4 Å². The third-order valence-electron chi connectivity index (χ3n) is 9.21. The highest BCUT2D eigenvalue weighted by Crippen LogP contribution is 2.62. The third-order valence-corrected chi connectivity index (χ3v) is 9.21. The summed E-state index contributed by atoms with van der Waals surface area (Å²) in [5, 5.41) is 13.6. The van der Waals surface area contributed by atoms with Crippen molar-refractivity contribution in [3.8, 4) is 0 Å². The Labute approximate surface area is 190 Å². The van der Waals surface area contributed by atoms with E-state index in [0.717, 1.165) is 50.7 Å². The largest absolute Gasteiger partial charge is 0.411 e. The van der Waals surface area contributed by atoms with Crippen LogP contribution in [-0.2, 0) is 16.0 Å². The van der Waals surface area contributed by atoms with E-state index in [4.69, 9.17) is 4.74 Å². The van der Waals surface area contributed by atoms with Crippen LogP contribution in [0.25, 0.3) is 0 Å². The third kappa shape index (κ3) is 3.55. The molecule has 1 saturated heterocycles. The van der Waals surface area contributed by atoms with Crippen LogP contribution in [0.2, 0.25) is 0 Å². The molecule has 0 bridgehead atoms. The maximum absolute atomic E-state index is 13.8. The van der Waals surface area contributed by atoms with Crippen molar-refractivity contribution < 1.29 is 19.1 Å². The lowest BCUT2D eigenvalue weighted by Gasteiger charge is -2.50. The van der Waals surface area contributed by atoms with Gasteiger partial charge in [0.2, 0.25) is 5.91 Å². The highest BCUT2D eigenvalue weighted by molar-refractivity contribution is 5.92. The van der Waals surface area contributed by atoms with Crippen LogP contribution in [0.15, 0.2) is 23.4 Å². The van der Waals surface area contributed by atoms with Gasteiger partial charge in [-0.2, -0.15) is 0 Å². The van der Waals surface area contributed by atoms with Crippen LogP contribution >= 0.6 is 0 Å². The van der Waals surface area contributed by atoms with Crippen LogP contribution in [0.1, 0.15) is 68.9 Å². The van der Waals surface area contributed by atoms with E-state index in [1.165, 1.54) is 11.1 Å². The van der Waals surface area contributed by atoms with E-state index < -0.39 is 0 Å². The highest BCUT2D eigenvalue weighted by Gasteiger charge is 2.57. The predicted octanol–water partition coefficient (Wildman–Crippen LogP) is 4.77. The van der Waals surface area contributed by atoms with Gasteiger partial charge in [0.25, 0.3) is 0 Å². The van der Waals surface area contributed by atoms with E-state index in [0.29, 0.717) is 43.3 Å². The van der Waals surface area contributed by atoms with Gasteiger partial charge >= 0.3 is 0 Å². The minimum atomic E-state index is -0.139. The van der Waals surface area contributed by atoms with E-state index in [-0.39, 0.29) is 23.2 Å². The number of hydrogen-bond acceptors (Lipinski definition) is 4. The normalized spacial score (nSPS) is 35.0. The van der Waals surface area contributed by atoms with Crippen LogP contribution in [0, 0.1) is 29.0 Å². The molecule has 3 fully saturated rings. The smallest absolute Gasteiger partial charge is 0.222 e. The van der Waals surface area contributed by atoms with E-state index >= 15 is 0 Å². The number of nitrogens with zero attached hydrogens (tertiary/aromatic N) is 2. The number of benzene rings is 1. The fraction of sp³-hybridized carbons (Fsp3) is 0.692. The average Bonchev–Trinajstić information content (AvgIpc) is 3.03. The summed E-state index contributed by atoms with van der Waals surface area (Å²) in [6, 6.07) is 5.57. The zero-order valence-electron chi connectivity index (χ0n) is 19.2. The van der Waals surface area contributed by atoms with E-state index in [1.54, 1.807) is 12.1 Å². The Morgan fingerprint density at radius 3 is 2.88 bits per heavy atom. The molecule has 5 rings (SSSR count). The van der Waals surface area contributed by atoms with Crippen molar-refractivity contribution in [3.63, 3.8) is 0 Å². The number of fused-ring (bicyclic) bond motifs is 5. The number of ether oxygens (including phenoxy) is 1. The molecule has 4 aliphatic rings. The molecular formula is C26H35FN2O3. The Morgan fingerprint density at radius 1 is 1.34 bits per heavy atom. The lowest BCUT2D eigenvalue weighted by Crippen LogP contribution is -2.49. The Hall–Kier alpha value is -1.95. The lowest BCUT2D eigenvalue weighted by atomic mass is 9.54. The van der Waals surface area contributed by atoms with Crippen LogP contribution in [-0.4, -0.2) is 48.0 Å². The Bertz CT molecular complexity index is 914. The topological polar surface area (TPSA) is 62.1 Å². The summed E-state index contributed by atoms with van der Waals surface area (Å²) in [6.07, 6.45) is 7.31. The molecule has 0 spiro atoms. The zero-order chi connectivity index (χ0) is 22.5. The number of carbonyl (C=O) groups excluding carboxylic acids is 1. The van der Waals surface area contributed by atoms with Gasteiger partial charge < -0.3 is 14.8 Å². The van der Waals surface area contributed by atoms with Gasteiger partial charge in [-0.1, -0.05) is 18.1 Å². The van der Waals surface area contributed by atoms with E-state index in [2.05, 4.69) is 12.1 Å². The van der Waals surface area contributed by atoms with Crippen LogP contribution in [0.5, 0.6) is 0 Å². The van der Waals surface area contributed by atoms with Gasteiger partial charge in [0, 0.05) is 18.9 Å². The molecular weight excluding hydrogens is 407 g/mol. The minimum absolute atomic E-state index is 0.0673. The van der Waals surface area contributed by atoms with Crippen molar-refractivity contribution >= 4 is 11.6 Å². The molecule has 174 valence electrons. The summed E-state index contributed by atoms with van der Waals surface area (Å²) in [6.45, 7) is 3.59. The molecule has 1 aromatic carbocycles. The summed E-state index contributed by atoms with van der Waals surface area (Å²) < 4.78 is 19.0.